The van der Waals surface area contributed by atoms with Crippen molar-refractivity contribution in [2.45, 2.75) is 71.3 Å². The van der Waals surface area contributed by atoms with Gasteiger partial charge in [0.1, 0.15) is 5.82 Å². The largest absolute Gasteiger partial charge is 0.465 e. The quantitative estimate of drug-likeness (QED) is 0.321. The number of halogens is 1. The molecular weight excluding hydrogens is 369 g/mol. The monoisotopic (exact) mass is 399 g/mol. The van der Waals surface area contributed by atoms with Crippen LogP contribution in [0.3, 0.4) is 0 Å². The molecule has 1 aromatic heterocycles. The molecule has 4 nitrogen and oxygen atoms in total. The lowest BCUT2D eigenvalue weighted by Gasteiger charge is -2.25. The minimum atomic E-state index is -0.363. The topological polar surface area (TPSA) is 48.3 Å². The number of hydrogen-bond acceptors (Lipinski definition) is 3. The van der Waals surface area contributed by atoms with Crippen molar-refractivity contribution >= 4 is 11.8 Å². The van der Waals surface area contributed by atoms with Crippen molar-refractivity contribution in [3.05, 3.63) is 58.7 Å². The number of benzene rings is 1. The van der Waals surface area contributed by atoms with Crippen molar-refractivity contribution in [2.75, 3.05) is 6.61 Å². The van der Waals surface area contributed by atoms with Crippen LogP contribution in [0, 0.1) is 5.82 Å². The lowest BCUT2D eigenvalue weighted by atomic mass is 9.96. The Morgan fingerprint density at radius 3 is 2.59 bits per heavy atom. The van der Waals surface area contributed by atoms with Gasteiger partial charge in [0.15, 0.2) is 0 Å². The second-order valence-corrected chi connectivity index (χ2v) is 7.75. The molecule has 1 aromatic carbocycles. The van der Waals surface area contributed by atoms with Crippen LogP contribution < -0.4 is 0 Å². The van der Waals surface area contributed by atoms with E-state index in [1.807, 2.05) is 10.6 Å². The number of aryl methyl sites for hydroxylation is 1. The van der Waals surface area contributed by atoms with E-state index < -0.39 is 0 Å². The van der Waals surface area contributed by atoms with E-state index >= 15 is 0 Å². The van der Waals surface area contributed by atoms with Crippen molar-refractivity contribution in [1.82, 2.24) is 4.57 Å². The maximum atomic E-state index is 13.3. The molecule has 0 amide bonds. The van der Waals surface area contributed by atoms with Crippen LogP contribution in [-0.4, -0.2) is 22.9 Å². The Labute approximate surface area is 172 Å². The minimum absolute atomic E-state index is 0.114. The molecule has 1 unspecified atom stereocenters. The Bertz CT molecular complexity index is 854. The molecule has 156 valence electrons. The van der Waals surface area contributed by atoms with Gasteiger partial charge in [0, 0.05) is 17.8 Å². The molecule has 0 N–H and O–H groups in total. The van der Waals surface area contributed by atoms with E-state index in [9.17, 15) is 14.0 Å². The number of hydrogen-bond donors (Lipinski definition) is 0. The van der Waals surface area contributed by atoms with Crippen molar-refractivity contribution in [2.24, 2.45) is 0 Å². The van der Waals surface area contributed by atoms with Crippen molar-refractivity contribution in [3.8, 4) is 0 Å². The smallest absolute Gasteiger partial charge is 0.314 e. The summed E-state index contributed by atoms with van der Waals surface area (Å²) in [5.74, 6) is -0.991. The number of fused-ring (bicyclic) bond motifs is 1. The molecular formula is C24H30FNO3. The lowest BCUT2D eigenvalue weighted by Crippen LogP contribution is -2.26. The van der Waals surface area contributed by atoms with Gasteiger partial charge in [-0.05, 0) is 61.6 Å². The first-order valence-corrected chi connectivity index (χ1v) is 10.8. The number of aromatic nitrogens is 1. The van der Waals surface area contributed by atoms with Crippen molar-refractivity contribution in [3.63, 3.8) is 0 Å². The second kappa shape index (κ2) is 9.86. The Morgan fingerprint density at radius 1 is 1.14 bits per heavy atom. The number of ketones is 1. The van der Waals surface area contributed by atoms with Crippen LogP contribution in [0.25, 0.3) is 0 Å². The fourth-order valence-electron chi connectivity index (χ4n) is 4.09. The summed E-state index contributed by atoms with van der Waals surface area (Å²) in [7, 11) is 0. The number of nitrogens with zero attached hydrogens (tertiary/aromatic N) is 1. The molecule has 2 heterocycles. The molecule has 29 heavy (non-hydrogen) atoms. The van der Waals surface area contributed by atoms with Gasteiger partial charge in [-0.25, -0.2) is 4.39 Å². The van der Waals surface area contributed by atoms with Gasteiger partial charge in [-0.2, -0.15) is 0 Å². The predicted molar refractivity (Wildman–Crippen MR) is 111 cm³/mol. The maximum Gasteiger partial charge on any atom is 0.314 e. The average Bonchev–Trinajstić information content (AvgIpc) is 3.09. The third kappa shape index (κ3) is 4.77. The highest BCUT2D eigenvalue weighted by Gasteiger charge is 2.33. The highest BCUT2D eigenvalue weighted by atomic mass is 19.1. The van der Waals surface area contributed by atoms with Crippen LogP contribution >= 0.6 is 0 Å². The average molecular weight is 400 g/mol. The van der Waals surface area contributed by atoms with E-state index in [0.717, 1.165) is 56.2 Å². The first-order valence-electron chi connectivity index (χ1n) is 10.8. The molecule has 2 aromatic rings. The Hall–Kier alpha value is -2.43. The van der Waals surface area contributed by atoms with Crippen LogP contribution in [0.4, 0.5) is 4.39 Å². The number of carbonyl (C=O) groups excluding carboxylic acids is 2. The highest BCUT2D eigenvalue weighted by Crippen LogP contribution is 2.34. The summed E-state index contributed by atoms with van der Waals surface area (Å²) >= 11 is 0. The fraction of sp³-hybridized carbons (Fsp3) is 0.500. The Balaban J connectivity index is 1.90. The molecule has 0 fully saturated rings. The Morgan fingerprint density at radius 2 is 1.90 bits per heavy atom. The molecule has 0 saturated heterocycles. The maximum absolute atomic E-state index is 13.3. The van der Waals surface area contributed by atoms with Crippen molar-refractivity contribution < 1.29 is 18.7 Å². The van der Waals surface area contributed by atoms with Gasteiger partial charge in [-0.3, -0.25) is 9.59 Å². The van der Waals surface area contributed by atoms with E-state index in [-0.39, 0.29) is 23.5 Å². The molecule has 0 spiro atoms. The zero-order valence-electron chi connectivity index (χ0n) is 17.4. The SMILES string of the molecule is CCCCCOC(=O)C1CCCn2c1cc(CCC)c2C(=O)c1ccc(F)cc1. The number of carbonyl (C=O) groups is 2. The van der Waals surface area contributed by atoms with Crippen LogP contribution in [0.1, 0.15) is 85.6 Å². The minimum Gasteiger partial charge on any atom is -0.465 e. The molecule has 3 rings (SSSR count). The van der Waals surface area contributed by atoms with Crippen LogP contribution in [0.5, 0.6) is 0 Å². The second-order valence-electron chi connectivity index (χ2n) is 7.75. The van der Waals surface area contributed by atoms with E-state index in [1.165, 1.54) is 24.3 Å². The lowest BCUT2D eigenvalue weighted by molar-refractivity contribution is -0.146. The summed E-state index contributed by atoms with van der Waals surface area (Å²) in [5, 5.41) is 0. The summed E-state index contributed by atoms with van der Waals surface area (Å²) in [4.78, 5) is 26.0. The van der Waals surface area contributed by atoms with E-state index in [1.54, 1.807) is 0 Å². The van der Waals surface area contributed by atoms with Gasteiger partial charge >= 0.3 is 5.97 Å². The summed E-state index contributed by atoms with van der Waals surface area (Å²) in [5.41, 5.74) is 2.94. The first-order chi connectivity index (χ1) is 14.1. The van der Waals surface area contributed by atoms with E-state index in [4.69, 9.17) is 4.74 Å². The molecule has 0 radical (unpaired) electrons. The number of rotatable bonds is 9. The van der Waals surface area contributed by atoms with Crippen molar-refractivity contribution in [1.29, 1.82) is 0 Å². The van der Waals surface area contributed by atoms with Gasteiger partial charge in [-0.1, -0.05) is 33.1 Å². The predicted octanol–water partition coefficient (Wildman–Crippen LogP) is 5.42. The number of unbranched alkanes of at least 4 members (excludes halogenated alkanes) is 2. The van der Waals surface area contributed by atoms with Gasteiger partial charge in [0.05, 0.1) is 18.2 Å². The summed E-state index contributed by atoms with van der Waals surface area (Å²) in [6, 6.07) is 7.68. The molecule has 1 aliphatic rings. The molecule has 5 heteroatoms. The van der Waals surface area contributed by atoms with Crippen LogP contribution in [0.2, 0.25) is 0 Å². The third-order valence-corrected chi connectivity index (χ3v) is 5.56. The summed E-state index contributed by atoms with van der Waals surface area (Å²) < 4.78 is 20.8. The summed E-state index contributed by atoms with van der Waals surface area (Å²) in [6.45, 7) is 5.35. The van der Waals surface area contributed by atoms with E-state index in [2.05, 4.69) is 13.8 Å². The Kier molecular flexibility index (Phi) is 7.24. The highest BCUT2D eigenvalue weighted by molar-refractivity contribution is 6.09. The first kappa shape index (κ1) is 21.3. The normalized spacial score (nSPS) is 15.8. The molecule has 1 aliphatic heterocycles. The molecule has 0 bridgehead atoms. The number of ether oxygens (including phenoxy) is 1. The molecule has 0 aliphatic carbocycles. The number of esters is 1. The summed E-state index contributed by atoms with van der Waals surface area (Å²) in [6.07, 6.45) is 6.24. The van der Waals surface area contributed by atoms with Gasteiger partial charge in [-0.15, -0.1) is 0 Å². The van der Waals surface area contributed by atoms with Crippen LogP contribution in [-0.2, 0) is 22.5 Å². The van der Waals surface area contributed by atoms with Gasteiger partial charge in [0.25, 0.3) is 0 Å². The standard InChI is InChI=1S/C24H30FNO3/c1-3-5-6-15-29-24(28)20-9-7-14-26-21(20)16-18(8-4-2)22(26)23(27)17-10-12-19(25)13-11-17/h10-13,16,20H,3-9,14-15H2,1-2H3. The molecule has 0 saturated carbocycles. The van der Waals surface area contributed by atoms with Crippen LogP contribution in [0.15, 0.2) is 30.3 Å². The van der Waals surface area contributed by atoms with Gasteiger partial charge < -0.3 is 9.30 Å². The zero-order chi connectivity index (χ0) is 20.8. The van der Waals surface area contributed by atoms with Gasteiger partial charge in [0.2, 0.25) is 5.78 Å². The molecule has 1 atom stereocenters. The fourth-order valence-corrected chi connectivity index (χ4v) is 4.09. The zero-order valence-corrected chi connectivity index (χ0v) is 17.4. The van der Waals surface area contributed by atoms with E-state index in [0.29, 0.717) is 24.4 Å². The third-order valence-electron chi connectivity index (χ3n) is 5.56.